The molecule has 0 spiro atoms. The van der Waals surface area contributed by atoms with Crippen LogP contribution in [0.25, 0.3) is 11.4 Å². The van der Waals surface area contributed by atoms with Crippen molar-refractivity contribution in [2.45, 2.75) is 13.3 Å². The van der Waals surface area contributed by atoms with Gasteiger partial charge in [0.2, 0.25) is 0 Å². The number of aromatic amines is 1. The first-order valence-corrected chi connectivity index (χ1v) is 5.09. The first-order valence-electron chi connectivity index (χ1n) is 5.09. The second kappa shape index (κ2) is 3.08. The summed E-state index contributed by atoms with van der Waals surface area (Å²) < 4.78 is 0. The number of nitrogens with one attached hydrogen (secondary N) is 2. The van der Waals surface area contributed by atoms with Gasteiger partial charge in [-0.3, -0.25) is 5.10 Å². The van der Waals surface area contributed by atoms with Crippen LogP contribution in [0.3, 0.4) is 0 Å². The third-order valence-electron chi connectivity index (χ3n) is 2.68. The second-order valence-electron chi connectivity index (χ2n) is 3.79. The van der Waals surface area contributed by atoms with E-state index in [0.717, 1.165) is 30.2 Å². The molecule has 3 rings (SSSR count). The summed E-state index contributed by atoms with van der Waals surface area (Å²) in [6.07, 6.45) is 1.11. The number of rotatable bonds is 1. The van der Waals surface area contributed by atoms with Crippen LogP contribution in [0.4, 0.5) is 5.69 Å². The van der Waals surface area contributed by atoms with Gasteiger partial charge in [0, 0.05) is 17.8 Å². The van der Waals surface area contributed by atoms with Gasteiger partial charge in [-0.25, -0.2) is 4.98 Å². The lowest BCUT2D eigenvalue weighted by Crippen LogP contribution is -1.91. The van der Waals surface area contributed by atoms with Crippen molar-refractivity contribution in [2.75, 3.05) is 11.9 Å². The van der Waals surface area contributed by atoms with Crippen molar-refractivity contribution in [1.29, 1.82) is 0 Å². The molecule has 2 N–H and O–H groups in total. The van der Waals surface area contributed by atoms with E-state index >= 15 is 0 Å². The first-order chi connectivity index (χ1) is 7.33. The predicted octanol–water partition coefficient (Wildman–Crippen LogP) is 1.75. The number of anilines is 1. The Labute approximate surface area is 87.7 Å². The highest BCUT2D eigenvalue weighted by molar-refractivity contribution is 5.67. The highest BCUT2D eigenvalue weighted by Crippen LogP contribution is 2.27. The van der Waals surface area contributed by atoms with Gasteiger partial charge in [-0.1, -0.05) is 12.1 Å². The molecule has 1 aliphatic heterocycles. The van der Waals surface area contributed by atoms with Gasteiger partial charge >= 0.3 is 0 Å². The van der Waals surface area contributed by atoms with Crippen molar-refractivity contribution in [3.8, 4) is 11.4 Å². The molecule has 0 atom stereocenters. The Morgan fingerprint density at radius 3 is 3.07 bits per heavy atom. The Morgan fingerprint density at radius 1 is 1.33 bits per heavy atom. The van der Waals surface area contributed by atoms with Crippen LogP contribution >= 0.6 is 0 Å². The van der Waals surface area contributed by atoms with Crippen molar-refractivity contribution in [2.24, 2.45) is 0 Å². The third-order valence-corrected chi connectivity index (χ3v) is 2.68. The van der Waals surface area contributed by atoms with Crippen molar-refractivity contribution in [3.05, 3.63) is 29.6 Å². The molecule has 0 bridgehead atoms. The molecule has 15 heavy (non-hydrogen) atoms. The molecule has 2 heterocycles. The lowest BCUT2D eigenvalue weighted by molar-refractivity contribution is 1.04. The molecule has 0 aliphatic carbocycles. The van der Waals surface area contributed by atoms with E-state index in [-0.39, 0.29) is 0 Å². The van der Waals surface area contributed by atoms with Crippen LogP contribution in [0.1, 0.15) is 11.4 Å². The van der Waals surface area contributed by atoms with Crippen molar-refractivity contribution >= 4 is 5.69 Å². The Hall–Kier alpha value is -1.84. The Balaban J connectivity index is 2.06. The highest BCUT2D eigenvalue weighted by atomic mass is 15.2. The maximum absolute atomic E-state index is 4.31. The van der Waals surface area contributed by atoms with Crippen LogP contribution in [-0.2, 0) is 6.42 Å². The third kappa shape index (κ3) is 1.38. The molecule has 1 aliphatic rings. The van der Waals surface area contributed by atoms with Gasteiger partial charge < -0.3 is 5.32 Å². The van der Waals surface area contributed by atoms with Gasteiger partial charge in [0.05, 0.1) is 0 Å². The Morgan fingerprint density at radius 2 is 2.27 bits per heavy atom. The molecule has 4 nitrogen and oxygen atoms in total. The fraction of sp³-hybridized carbons (Fsp3) is 0.273. The molecule has 1 aromatic heterocycles. The van der Waals surface area contributed by atoms with Crippen LogP contribution < -0.4 is 5.32 Å². The summed E-state index contributed by atoms with van der Waals surface area (Å²) in [7, 11) is 0. The molecule has 0 radical (unpaired) electrons. The Kier molecular flexibility index (Phi) is 1.74. The van der Waals surface area contributed by atoms with Crippen LogP contribution in [0, 0.1) is 6.92 Å². The number of fused-ring (bicyclic) bond motifs is 1. The quantitative estimate of drug-likeness (QED) is 0.737. The van der Waals surface area contributed by atoms with Crippen LogP contribution in [-0.4, -0.2) is 21.7 Å². The Bertz CT molecular complexity index is 501. The van der Waals surface area contributed by atoms with Crippen LogP contribution in [0.2, 0.25) is 0 Å². The normalized spacial score (nSPS) is 13.7. The summed E-state index contributed by atoms with van der Waals surface area (Å²) in [5.74, 6) is 1.61. The number of hydrogen-bond acceptors (Lipinski definition) is 3. The number of benzene rings is 1. The second-order valence-corrected chi connectivity index (χ2v) is 3.79. The summed E-state index contributed by atoms with van der Waals surface area (Å²) in [6, 6.07) is 6.34. The zero-order valence-corrected chi connectivity index (χ0v) is 8.54. The number of hydrogen-bond donors (Lipinski definition) is 2. The van der Waals surface area contributed by atoms with Crippen molar-refractivity contribution < 1.29 is 0 Å². The molecule has 4 heteroatoms. The summed E-state index contributed by atoms with van der Waals surface area (Å²) in [5.41, 5.74) is 3.66. The number of aromatic nitrogens is 3. The maximum atomic E-state index is 4.31. The molecule has 0 saturated carbocycles. The van der Waals surface area contributed by atoms with E-state index in [4.69, 9.17) is 0 Å². The molecule has 0 fully saturated rings. The minimum atomic E-state index is 0.768. The van der Waals surface area contributed by atoms with Gasteiger partial charge in [0.1, 0.15) is 5.82 Å². The molecule has 0 unspecified atom stereocenters. The minimum Gasteiger partial charge on any atom is -0.384 e. The highest BCUT2D eigenvalue weighted by Gasteiger charge is 2.12. The smallest absolute Gasteiger partial charge is 0.181 e. The molecule has 1 aromatic carbocycles. The summed E-state index contributed by atoms with van der Waals surface area (Å²) in [5, 5.41) is 10.4. The van der Waals surface area contributed by atoms with E-state index in [0.29, 0.717) is 0 Å². The number of nitrogens with zero attached hydrogens (tertiary/aromatic N) is 2. The molecule has 0 amide bonds. The molecule has 76 valence electrons. The molecule has 0 saturated heterocycles. The van der Waals surface area contributed by atoms with Gasteiger partial charge in [-0.05, 0) is 25.0 Å². The summed E-state index contributed by atoms with van der Waals surface area (Å²) >= 11 is 0. The van der Waals surface area contributed by atoms with E-state index in [1.54, 1.807) is 0 Å². The average Bonchev–Trinajstić information content (AvgIpc) is 2.84. The maximum Gasteiger partial charge on any atom is 0.181 e. The summed E-state index contributed by atoms with van der Waals surface area (Å²) in [4.78, 5) is 4.31. The van der Waals surface area contributed by atoms with Crippen molar-refractivity contribution in [3.63, 3.8) is 0 Å². The zero-order chi connectivity index (χ0) is 10.3. The lowest BCUT2D eigenvalue weighted by Gasteiger charge is -2.01. The lowest BCUT2D eigenvalue weighted by atomic mass is 10.1. The predicted molar refractivity (Wildman–Crippen MR) is 58.7 cm³/mol. The number of H-pyrrole nitrogens is 1. The molecule has 2 aromatic rings. The fourth-order valence-corrected chi connectivity index (χ4v) is 1.90. The van der Waals surface area contributed by atoms with E-state index in [1.165, 1.54) is 11.3 Å². The van der Waals surface area contributed by atoms with Gasteiger partial charge in [-0.15, -0.1) is 0 Å². The topological polar surface area (TPSA) is 53.6 Å². The SMILES string of the molecule is Cc1nc(-c2ccc3c(c2)NCC3)n[nH]1. The van der Waals surface area contributed by atoms with Gasteiger partial charge in [0.25, 0.3) is 0 Å². The van der Waals surface area contributed by atoms with Crippen molar-refractivity contribution in [1.82, 2.24) is 15.2 Å². The minimum absolute atomic E-state index is 0.768. The fourth-order valence-electron chi connectivity index (χ4n) is 1.90. The van der Waals surface area contributed by atoms with E-state index in [2.05, 4.69) is 38.7 Å². The van der Waals surface area contributed by atoms with Gasteiger partial charge in [-0.2, -0.15) is 5.10 Å². The summed E-state index contributed by atoms with van der Waals surface area (Å²) in [6.45, 7) is 2.94. The monoisotopic (exact) mass is 200 g/mol. The van der Waals surface area contributed by atoms with Crippen LogP contribution in [0.15, 0.2) is 18.2 Å². The van der Waals surface area contributed by atoms with Gasteiger partial charge in [0.15, 0.2) is 5.82 Å². The molecular formula is C11H12N4. The standard InChI is InChI=1S/C11H12N4/c1-7-13-11(15-14-7)9-3-2-8-4-5-12-10(8)6-9/h2-3,6,12H,4-5H2,1H3,(H,13,14,15). The van der Waals surface area contributed by atoms with E-state index in [1.807, 2.05) is 6.92 Å². The van der Waals surface area contributed by atoms with Crippen LogP contribution in [0.5, 0.6) is 0 Å². The van der Waals surface area contributed by atoms with E-state index < -0.39 is 0 Å². The first kappa shape index (κ1) is 8.47. The zero-order valence-electron chi connectivity index (χ0n) is 8.54. The number of aryl methyl sites for hydroxylation is 1. The largest absolute Gasteiger partial charge is 0.384 e. The molecular weight excluding hydrogens is 188 g/mol. The van der Waals surface area contributed by atoms with E-state index in [9.17, 15) is 0 Å². The average molecular weight is 200 g/mol.